The molecular formula is C7H8BrN5. The topological polar surface area (TPSA) is 69.1 Å². The number of aromatic nitrogens is 4. The lowest BCUT2D eigenvalue weighted by Gasteiger charge is -1.96. The van der Waals surface area contributed by atoms with Crippen molar-refractivity contribution in [1.29, 1.82) is 0 Å². The molecule has 2 heterocycles. The van der Waals surface area contributed by atoms with Crippen molar-refractivity contribution in [2.24, 2.45) is 5.73 Å². The molecule has 2 aromatic heterocycles. The minimum atomic E-state index is 0.570. The van der Waals surface area contributed by atoms with Gasteiger partial charge in [0.1, 0.15) is 10.4 Å². The Kier molecular flexibility index (Phi) is 2.24. The van der Waals surface area contributed by atoms with Crippen LogP contribution in [0.1, 0.15) is 5.82 Å². The molecule has 0 atom stereocenters. The van der Waals surface area contributed by atoms with Gasteiger partial charge in [0.15, 0.2) is 5.65 Å². The average molecular weight is 242 g/mol. The van der Waals surface area contributed by atoms with Crippen molar-refractivity contribution in [3.05, 3.63) is 22.8 Å². The third-order valence-corrected chi connectivity index (χ3v) is 2.11. The van der Waals surface area contributed by atoms with E-state index in [4.69, 9.17) is 5.73 Å². The first-order chi connectivity index (χ1) is 6.31. The van der Waals surface area contributed by atoms with Crippen molar-refractivity contribution in [2.45, 2.75) is 6.42 Å². The number of nitrogens with two attached hydrogens (primary N) is 1. The second kappa shape index (κ2) is 3.39. The smallest absolute Gasteiger partial charge is 0.179 e. The molecule has 0 aliphatic rings. The maximum Gasteiger partial charge on any atom is 0.179 e. The second-order valence-corrected chi connectivity index (χ2v) is 3.41. The molecule has 13 heavy (non-hydrogen) atoms. The first-order valence-corrected chi connectivity index (χ1v) is 4.66. The number of nitrogens with zero attached hydrogens (tertiary/aromatic N) is 4. The van der Waals surface area contributed by atoms with Gasteiger partial charge in [-0.3, -0.25) is 4.40 Å². The van der Waals surface area contributed by atoms with Crippen LogP contribution < -0.4 is 5.73 Å². The molecule has 2 N–H and O–H groups in total. The van der Waals surface area contributed by atoms with Crippen LogP contribution >= 0.6 is 15.9 Å². The minimum Gasteiger partial charge on any atom is -0.330 e. The maximum absolute atomic E-state index is 5.44. The molecule has 2 rings (SSSR count). The molecule has 2 aromatic rings. The molecule has 6 heteroatoms. The number of rotatable bonds is 2. The Morgan fingerprint density at radius 3 is 3.08 bits per heavy atom. The van der Waals surface area contributed by atoms with Crippen LogP contribution in [-0.2, 0) is 6.42 Å². The summed E-state index contributed by atoms with van der Waals surface area (Å²) in [4.78, 5) is 4.04. The van der Waals surface area contributed by atoms with Crippen LogP contribution in [0.25, 0.3) is 5.65 Å². The Labute approximate surface area is 83.1 Å². The third kappa shape index (κ3) is 1.54. The highest BCUT2D eigenvalue weighted by Crippen LogP contribution is 2.08. The van der Waals surface area contributed by atoms with Crippen LogP contribution in [0, 0.1) is 0 Å². The fraction of sp³-hybridized carbons (Fsp3) is 0.286. The molecule has 68 valence electrons. The lowest BCUT2D eigenvalue weighted by Crippen LogP contribution is -2.06. The van der Waals surface area contributed by atoms with Gasteiger partial charge in [0, 0.05) is 12.6 Å². The second-order valence-electron chi connectivity index (χ2n) is 2.59. The number of hydrogen-bond donors (Lipinski definition) is 1. The molecular weight excluding hydrogens is 234 g/mol. The van der Waals surface area contributed by atoms with Crippen LogP contribution in [0.3, 0.4) is 0 Å². The third-order valence-electron chi connectivity index (χ3n) is 1.70. The van der Waals surface area contributed by atoms with Gasteiger partial charge in [0.2, 0.25) is 0 Å². The summed E-state index contributed by atoms with van der Waals surface area (Å²) in [6.07, 6.45) is 4.22. The van der Waals surface area contributed by atoms with Crippen molar-refractivity contribution in [3.63, 3.8) is 0 Å². The molecule has 0 aromatic carbocycles. The predicted octanol–water partition coefficient (Wildman–Crippen LogP) is 0.388. The monoisotopic (exact) mass is 241 g/mol. The molecule has 0 radical (unpaired) electrons. The van der Waals surface area contributed by atoms with Gasteiger partial charge in [0.05, 0.1) is 6.20 Å². The summed E-state index contributed by atoms with van der Waals surface area (Å²) in [5, 5.41) is 7.95. The highest BCUT2D eigenvalue weighted by molar-refractivity contribution is 9.10. The first kappa shape index (κ1) is 8.58. The van der Waals surface area contributed by atoms with Gasteiger partial charge in [0.25, 0.3) is 0 Å². The van der Waals surface area contributed by atoms with E-state index in [0.29, 0.717) is 6.54 Å². The minimum absolute atomic E-state index is 0.570. The highest BCUT2D eigenvalue weighted by Gasteiger charge is 2.04. The Morgan fingerprint density at radius 2 is 2.31 bits per heavy atom. The Hall–Kier alpha value is -1.01. The van der Waals surface area contributed by atoms with E-state index in [9.17, 15) is 0 Å². The quantitative estimate of drug-likeness (QED) is 0.826. The summed E-state index contributed by atoms with van der Waals surface area (Å²) in [5.41, 5.74) is 6.18. The molecule has 0 spiro atoms. The van der Waals surface area contributed by atoms with Gasteiger partial charge >= 0.3 is 0 Å². The van der Waals surface area contributed by atoms with Gasteiger partial charge in [-0.25, -0.2) is 4.98 Å². The van der Waals surface area contributed by atoms with E-state index in [-0.39, 0.29) is 0 Å². The zero-order valence-electron chi connectivity index (χ0n) is 6.81. The molecule has 0 aliphatic heterocycles. The van der Waals surface area contributed by atoms with Crippen molar-refractivity contribution >= 4 is 21.6 Å². The van der Waals surface area contributed by atoms with Gasteiger partial charge in [-0.05, 0) is 22.5 Å². The molecule has 0 bridgehead atoms. The van der Waals surface area contributed by atoms with Crippen molar-refractivity contribution in [2.75, 3.05) is 6.54 Å². The molecule has 0 unspecified atom stereocenters. The van der Waals surface area contributed by atoms with E-state index < -0.39 is 0 Å². The summed E-state index contributed by atoms with van der Waals surface area (Å²) in [6.45, 7) is 0.570. The number of hydrogen-bond acceptors (Lipinski definition) is 4. The normalized spacial score (nSPS) is 10.9. The fourth-order valence-corrected chi connectivity index (χ4v) is 1.43. The standard InChI is InChI=1S/C7H8BrN5/c8-5-4-13-6(1-2-9)11-12-7(13)3-10-5/h3-4H,1-2,9H2. The van der Waals surface area contributed by atoms with E-state index in [1.807, 2.05) is 10.6 Å². The molecule has 0 aliphatic carbocycles. The van der Waals surface area contributed by atoms with Crippen LogP contribution in [-0.4, -0.2) is 26.1 Å². The van der Waals surface area contributed by atoms with Gasteiger partial charge in [-0.1, -0.05) is 0 Å². The Morgan fingerprint density at radius 1 is 1.46 bits per heavy atom. The highest BCUT2D eigenvalue weighted by atomic mass is 79.9. The predicted molar refractivity (Wildman–Crippen MR) is 51.2 cm³/mol. The Balaban J connectivity index is 2.58. The summed E-state index contributed by atoms with van der Waals surface area (Å²) in [6, 6.07) is 0. The van der Waals surface area contributed by atoms with Gasteiger partial charge < -0.3 is 5.73 Å². The van der Waals surface area contributed by atoms with Gasteiger partial charge in [-0.2, -0.15) is 0 Å². The van der Waals surface area contributed by atoms with Crippen molar-refractivity contribution in [3.8, 4) is 0 Å². The lowest BCUT2D eigenvalue weighted by molar-refractivity contribution is 0.845. The Bertz CT molecular complexity index is 424. The number of halogens is 1. The van der Waals surface area contributed by atoms with E-state index in [0.717, 1.165) is 22.5 Å². The molecule has 0 saturated carbocycles. The zero-order valence-corrected chi connectivity index (χ0v) is 8.40. The van der Waals surface area contributed by atoms with Gasteiger partial charge in [-0.15, -0.1) is 10.2 Å². The van der Waals surface area contributed by atoms with E-state index in [1.165, 1.54) is 0 Å². The van der Waals surface area contributed by atoms with Crippen LogP contribution in [0.5, 0.6) is 0 Å². The zero-order chi connectivity index (χ0) is 9.26. The summed E-state index contributed by atoms with van der Waals surface area (Å²) in [7, 11) is 0. The SMILES string of the molecule is NCCc1nnc2cnc(Br)cn12. The number of fused-ring (bicyclic) bond motifs is 1. The average Bonchev–Trinajstić information content (AvgIpc) is 2.49. The molecule has 0 fully saturated rings. The molecule has 5 nitrogen and oxygen atoms in total. The lowest BCUT2D eigenvalue weighted by atomic mass is 10.4. The van der Waals surface area contributed by atoms with Crippen LogP contribution in [0.2, 0.25) is 0 Å². The van der Waals surface area contributed by atoms with E-state index >= 15 is 0 Å². The largest absolute Gasteiger partial charge is 0.330 e. The summed E-state index contributed by atoms with van der Waals surface area (Å²) < 4.78 is 2.64. The summed E-state index contributed by atoms with van der Waals surface area (Å²) >= 11 is 3.28. The van der Waals surface area contributed by atoms with E-state index in [1.54, 1.807) is 6.20 Å². The van der Waals surface area contributed by atoms with Crippen LogP contribution in [0.15, 0.2) is 17.0 Å². The first-order valence-electron chi connectivity index (χ1n) is 3.86. The maximum atomic E-state index is 5.44. The van der Waals surface area contributed by atoms with Crippen molar-refractivity contribution in [1.82, 2.24) is 19.6 Å². The fourth-order valence-electron chi connectivity index (χ4n) is 1.13. The van der Waals surface area contributed by atoms with Crippen LogP contribution in [0.4, 0.5) is 0 Å². The molecule has 0 saturated heterocycles. The summed E-state index contributed by atoms with van der Waals surface area (Å²) in [5.74, 6) is 0.862. The van der Waals surface area contributed by atoms with Crippen molar-refractivity contribution < 1.29 is 0 Å². The van der Waals surface area contributed by atoms with E-state index in [2.05, 4.69) is 31.1 Å². The molecule has 0 amide bonds.